The maximum absolute atomic E-state index is 12.2. The topological polar surface area (TPSA) is 95.4 Å². The number of ether oxygens (including phenoxy) is 1. The first-order valence-corrected chi connectivity index (χ1v) is 8.26. The molecule has 0 aliphatic carbocycles. The molecule has 0 radical (unpaired) electrons. The number of carbonyl (C=O) groups is 1. The van der Waals surface area contributed by atoms with Crippen LogP contribution in [0.2, 0.25) is 5.02 Å². The van der Waals surface area contributed by atoms with Crippen LogP contribution in [-0.2, 0) is 11.3 Å². The Hall–Kier alpha value is -3.45. The SMILES string of the molecule is O=C(OCc1nc(-c2ccccc2)no1)c1cc(=O)c2cc(Cl)ccc2o1. The van der Waals surface area contributed by atoms with Crippen LogP contribution in [0.25, 0.3) is 22.4 Å². The summed E-state index contributed by atoms with van der Waals surface area (Å²) in [6.07, 6.45) is 0. The van der Waals surface area contributed by atoms with Crippen molar-refractivity contribution in [1.29, 1.82) is 0 Å². The van der Waals surface area contributed by atoms with Crippen LogP contribution in [0.4, 0.5) is 0 Å². The van der Waals surface area contributed by atoms with Gasteiger partial charge in [-0.1, -0.05) is 47.1 Å². The highest BCUT2D eigenvalue weighted by atomic mass is 35.5. The number of rotatable bonds is 4. The molecule has 7 nitrogen and oxygen atoms in total. The Morgan fingerprint density at radius 1 is 1.11 bits per heavy atom. The highest BCUT2D eigenvalue weighted by Gasteiger charge is 2.16. The van der Waals surface area contributed by atoms with Gasteiger partial charge in [0.1, 0.15) is 5.58 Å². The van der Waals surface area contributed by atoms with Gasteiger partial charge in [0.15, 0.2) is 12.0 Å². The van der Waals surface area contributed by atoms with E-state index in [1.807, 2.05) is 30.3 Å². The van der Waals surface area contributed by atoms with Crippen molar-refractivity contribution >= 4 is 28.5 Å². The first-order chi connectivity index (χ1) is 13.1. The van der Waals surface area contributed by atoms with Crippen LogP contribution < -0.4 is 5.43 Å². The molecule has 0 N–H and O–H groups in total. The number of aromatic nitrogens is 2. The van der Waals surface area contributed by atoms with Gasteiger partial charge < -0.3 is 13.7 Å². The molecule has 2 aromatic carbocycles. The maximum Gasteiger partial charge on any atom is 0.374 e. The lowest BCUT2D eigenvalue weighted by molar-refractivity contribution is 0.0394. The number of hydrogen-bond donors (Lipinski definition) is 0. The van der Waals surface area contributed by atoms with Crippen LogP contribution in [0, 0.1) is 0 Å². The average Bonchev–Trinajstić information content (AvgIpc) is 3.16. The summed E-state index contributed by atoms with van der Waals surface area (Å²) in [5.41, 5.74) is 0.621. The molecule has 27 heavy (non-hydrogen) atoms. The first kappa shape index (κ1) is 17.0. The number of halogens is 1. The van der Waals surface area contributed by atoms with Gasteiger partial charge in [0, 0.05) is 16.7 Å². The second-order valence-corrected chi connectivity index (χ2v) is 6.01. The molecule has 4 aromatic rings. The zero-order chi connectivity index (χ0) is 18.8. The summed E-state index contributed by atoms with van der Waals surface area (Å²) in [6, 6.07) is 14.8. The van der Waals surface area contributed by atoms with Gasteiger partial charge in [-0.3, -0.25) is 4.79 Å². The van der Waals surface area contributed by atoms with Crippen molar-refractivity contribution in [2.45, 2.75) is 6.61 Å². The number of esters is 1. The summed E-state index contributed by atoms with van der Waals surface area (Å²) in [5, 5.41) is 4.52. The van der Waals surface area contributed by atoms with Crippen molar-refractivity contribution in [1.82, 2.24) is 10.1 Å². The molecule has 0 aliphatic rings. The standard InChI is InChI=1S/C19H11ClN2O5/c20-12-6-7-15-13(8-12)14(23)9-16(26-15)19(24)25-10-17-21-18(22-27-17)11-4-2-1-3-5-11/h1-9H,10H2. The smallest absolute Gasteiger partial charge is 0.374 e. The predicted molar refractivity (Wildman–Crippen MR) is 96.3 cm³/mol. The number of nitrogens with zero attached hydrogens (tertiary/aromatic N) is 2. The normalized spacial score (nSPS) is 10.9. The number of carbonyl (C=O) groups excluding carboxylic acids is 1. The molecule has 8 heteroatoms. The zero-order valence-electron chi connectivity index (χ0n) is 13.7. The third-order valence-corrected chi connectivity index (χ3v) is 3.95. The summed E-state index contributed by atoms with van der Waals surface area (Å²) < 4.78 is 15.6. The third-order valence-electron chi connectivity index (χ3n) is 3.72. The van der Waals surface area contributed by atoms with Gasteiger partial charge in [-0.25, -0.2) is 4.79 Å². The molecular weight excluding hydrogens is 372 g/mol. The molecule has 0 saturated carbocycles. The molecule has 0 unspecified atom stereocenters. The van der Waals surface area contributed by atoms with Crippen LogP contribution in [0.15, 0.2) is 68.3 Å². The van der Waals surface area contributed by atoms with Crippen LogP contribution in [-0.4, -0.2) is 16.1 Å². The lowest BCUT2D eigenvalue weighted by Crippen LogP contribution is -2.10. The minimum absolute atomic E-state index is 0.122. The van der Waals surface area contributed by atoms with Crippen LogP contribution in [0.1, 0.15) is 16.4 Å². The quantitative estimate of drug-likeness (QED) is 0.494. The Morgan fingerprint density at radius 3 is 2.74 bits per heavy atom. The molecule has 2 aromatic heterocycles. The van der Waals surface area contributed by atoms with Gasteiger partial charge in [-0.05, 0) is 18.2 Å². The van der Waals surface area contributed by atoms with E-state index in [2.05, 4.69) is 10.1 Å². The molecule has 0 saturated heterocycles. The van der Waals surface area contributed by atoms with Crippen LogP contribution in [0.3, 0.4) is 0 Å². The molecule has 4 rings (SSSR count). The second kappa shape index (κ2) is 7.05. The van der Waals surface area contributed by atoms with E-state index in [9.17, 15) is 9.59 Å². The highest BCUT2D eigenvalue weighted by molar-refractivity contribution is 6.31. The van der Waals surface area contributed by atoms with Crippen molar-refractivity contribution in [3.8, 4) is 11.4 Å². The van der Waals surface area contributed by atoms with Crippen molar-refractivity contribution in [3.05, 3.63) is 81.5 Å². The van der Waals surface area contributed by atoms with Crippen molar-refractivity contribution in [2.75, 3.05) is 0 Å². The van der Waals surface area contributed by atoms with E-state index in [0.29, 0.717) is 10.8 Å². The average molecular weight is 383 g/mol. The molecule has 0 amide bonds. The minimum Gasteiger partial charge on any atom is -0.450 e. The predicted octanol–water partition coefficient (Wildman–Crippen LogP) is 3.85. The number of benzene rings is 2. The lowest BCUT2D eigenvalue weighted by atomic mass is 10.2. The van der Waals surface area contributed by atoms with Crippen molar-refractivity contribution in [3.63, 3.8) is 0 Å². The maximum atomic E-state index is 12.2. The Kier molecular flexibility index (Phi) is 4.43. The monoisotopic (exact) mass is 382 g/mol. The molecule has 0 bridgehead atoms. The van der Waals surface area contributed by atoms with E-state index in [1.54, 1.807) is 6.07 Å². The van der Waals surface area contributed by atoms with E-state index < -0.39 is 11.4 Å². The summed E-state index contributed by atoms with van der Waals surface area (Å²) >= 11 is 5.86. The highest BCUT2D eigenvalue weighted by Crippen LogP contribution is 2.19. The van der Waals surface area contributed by atoms with E-state index >= 15 is 0 Å². The van der Waals surface area contributed by atoms with Gasteiger partial charge in [0.2, 0.25) is 11.6 Å². The largest absolute Gasteiger partial charge is 0.450 e. The number of hydrogen-bond acceptors (Lipinski definition) is 7. The lowest BCUT2D eigenvalue weighted by Gasteiger charge is -2.03. The number of fused-ring (bicyclic) bond motifs is 1. The first-order valence-electron chi connectivity index (χ1n) is 7.89. The minimum atomic E-state index is -0.816. The van der Waals surface area contributed by atoms with Gasteiger partial charge >= 0.3 is 5.97 Å². The van der Waals surface area contributed by atoms with Crippen LogP contribution >= 0.6 is 11.6 Å². The fourth-order valence-electron chi connectivity index (χ4n) is 2.45. The van der Waals surface area contributed by atoms with E-state index in [4.69, 9.17) is 25.3 Å². The van der Waals surface area contributed by atoms with Gasteiger partial charge in [-0.2, -0.15) is 4.98 Å². The molecule has 0 fully saturated rings. The summed E-state index contributed by atoms with van der Waals surface area (Å²) in [6.45, 7) is -0.249. The fraction of sp³-hybridized carbons (Fsp3) is 0.0526. The third kappa shape index (κ3) is 3.58. The zero-order valence-corrected chi connectivity index (χ0v) is 14.5. The van der Waals surface area contributed by atoms with Gasteiger partial charge in [0.05, 0.1) is 5.39 Å². The molecule has 2 heterocycles. The van der Waals surface area contributed by atoms with E-state index in [-0.39, 0.29) is 29.2 Å². The molecule has 0 aliphatic heterocycles. The summed E-state index contributed by atoms with van der Waals surface area (Å²) in [7, 11) is 0. The summed E-state index contributed by atoms with van der Waals surface area (Å²) in [5.74, 6) is -0.533. The Balaban J connectivity index is 1.50. The van der Waals surface area contributed by atoms with Gasteiger partial charge in [0.25, 0.3) is 5.89 Å². The Bertz CT molecular complexity index is 1180. The van der Waals surface area contributed by atoms with E-state index in [0.717, 1.165) is 11.6 Å². The van der Waals surface area contributed by atoms with Crippen molar-refractivity contribution < 1.29 is 18.5 Å². The fourth-order valence-corrected chi connectivity index (χ4v) is 2.62. The molecular formula is C19H11ClN2O5. The summed E-state index contributed by atoms with van der Waals surface area (Å²) in [4.78, 5) is 28.5. The molecule has 0 spiro atoms. The Labute approximate surface area is 157 Å². The van der Waals surface area contributed by atoms with Crippen LogP contribution in [0.5, 0.6) is 0 Å². The second-order valence-electron chi connectivity index (χ2n) is 5.57. The Morgan fingerprint density at radius 2 is 1.93 bits per heavy atom. The van der Waals surface area contributed by atoms with Gasteiger partial charge in [-0.15, -0.1) is 0 Å². The van der Waals surface area contributed by atoms with E-state index in [1.165, 1.54) is 12.1 Å². The molecule has 134 valence electrons. The van der Waals surface area contributed by atoms with Crippen molar-refractivity contribution in [2.24, 2.45) is 0 Å². The molecule has 0 atom stereocenters.